The highest BCUT2D eigenvalue weighted by molar-refractivity contribution is 5.84. The molecule has 2 fully saturated rings. The van der Waals surface area contributed by atoms with Crippen LogP contribution in [-0.2, 0) is 0 Å². The number of likely N-dealkylation sites (tertiary alicyclic amines) is 1. The van der Waals surface area contributed by atoms with Crippen LogP contribution in [0.15, 0.2) is 36.4 Å². The third-order valence-corrected chi connectivity index (χ3v) is 6.39. The summed E-state index contributed by atoms with van der Waals surface area (Å²) in [5.41, 5.74) is 8.25. The van der Waals surface area contributed by atoms with E-state index in [0.29, 0.717) is 18.6 Å². The van der Waals surface area contributed by atoms with Gasteiger partial charge in [-0.1, -0.05) is 18.2 Å². The molecule has 0 radical (unpaired) electrons. The molecule has 2 heterocycles. The van der Waals surface area contributed by atoms with Gasteiger partial charge in [-0.15, -0.1) is 0 Å². The lowest BCUT2D eigenvalue weighted by Crippen LogP contribution is -2.40. The van der Waals surface area contributed by atoms with E-state index in [-0.39, 0.29) is 0 Å². The average molecular weight is 384 g/mol. The molecule has 2 aliphatic heterocycles. The third kappa shape index (κ3) is 4.49. The summed E-state index contributed by atoms with van der Waals surface area (Å²) in [4.78, 5) is 2.64. The molecule has 0 saturated carbocycles. The number of nitrogens with zero attached hydrogens (tertiary/aromatic N) is 1. The molecule has 0 bridgehead atoms. The largest absolute Gasteiger partial charge is 0.497 e. The zero-order valence-electron chi connectivity index (χ0n) is 16.9. The summed E-state index contributed by atoms with van der Waals surface area (Å²) in [7, 11) is 1.71. The quantitative estimate of drug-likeness (QED) is 0.686. The second-order valence-electron chi connectivity index (χ2n) is 8.37. The number of aliphatic hydroxyl groups is 1. The van der Waals surface area contributed by atoms with Crippen LogP contribution < -0.4 is 15.6 Å². The van der Waals surface area contributed by atoms with Crippen molar-refractivity contribution in [3.8, 4) is 5.75 Å². The van der Waals surface area contributed by atoms with E-state index < -0.39 is 0 Å². The fourth-order valence-electron chi connectivity index (χ4n) is 4.89. The van der Waals surface area contributed by atoms with Crippen LogP contribution in [0.25, 0.3) is 10.8 Å². The molecule has 3 N–H and O–H groups in total. The maximum Gasteiger partial charge on any atom is 0.119 e. The van der Waals surface area contributed by atoms with Crippen LogP contribution in [0.1, 0.15) is 37.3 Å². The molecule has 4 rings (SSSR count). The number of piperidine rings is 1. The van der Waals surface area contributed by atoms with E-state index in [2.05, 4.69) is 46.1 Å². The fourth-order valence-corrected chi connectivity index (χ4v) is 4.89. The minimum Gasteiger partial charge on any atom is -0.497 e. The van der Waals surface area contributed by atoms with Crippen molar-refractivity contribution in [2.24, 2.45) is 11.8 Å². The standard InChI is InChI=1S/C23H33N3O2/c1-28-22-9-8-18-12-20(7-6-19(18)13-22)23-21(14-24-25-23)16-26-10-2-4-17(15-26)5-3-11-27/h6-9,12-13,17,21,23-25,27H,2-5,10-11,14-16H2,1H3. The lowest BCUT2D eigenvalue weighted by Gasteiger charge is -2.35. The van der Waals surface area contributed by atoms with Crippen molar-refractivity contribution in [2.75, 3.05) is 39.9 Å². The van der Waals surface area contributed by atoms with E-state index in [1.807, 2.05) is 6.07 Å². The van der Waals surface area contributed by atoms with Crippen LogP contribution >= 0.6 is 0 Å². The first-order valence-corrected chi connectivity index (χ1v) is 10.7. The van der Waals surface area contributed by atoms with Crippen molar-refractivity contribution in [1.29, 1.82) is 0 Å². The van der Waals surface area contributed by atoms with Crippen LogP contribution in [0.2, 0.25) is 0 Å². The Morgan fingerprint density at radius 1 is 1.18 bits per heavy atom. The van der Waals surface area contributed by atoms with E-state index in [0.717, 1.165) is 37.6 Å². The highest BCUT2D eigenvalue weighted by Gasteiger charge is 2.31. The second-order valence-corrected chi connectivity index (χ2v) is 8.37. The molecule has 28 heavy (non-hydrogen) atoms. The van der Waals surface area contributed by atoms with E-state index in [9.17, 15) is 0 Å². The average Bonchev–Trinajstić information content (AvgIpc) is 3.19. The molecule has 152 valence electrons. The van der Waals surface area contributed by atoms with Crippen LogP contribution in [0.3, 0.4) is 0 Å². The Hall–Kier alpha value is -1.66. The van der Waals surface area contributed by atoms with Gasteiger partial charge >= 0.3 is 0 Å². The summed E-state index contributed by atoms with van der Waals surface area (Å²) < 4.78 is 5.35. The maximum absolute atomic E-state index is 9.12. The predicted molar refractivity (Wildman–Crippen MR) is 113 cm³/mol. The predicted octanol–water partition coefficient (Wildman–Crippen LogP) is 3.10. The Balaban J connectivity index is 1.44. The Morgan fingerprint density at radius 3 is 2.89 bits per heavy atom. The molecule has 0 spiro atoms. The number of hydrazine groups is 1. The van der Waals surface area contributed by atoms with Crippen LogP contribution in [0.5, 0.6) is 5.75 Å². The fraction of sp³-hybridized carbons (Fsp3) is 0.565. The van der Waals surface area contributed by atoms with Crippen LogP contribution in [-0.4, -0.2) is 49.9 Å². The summed E-state index contributed by atoms with van der Waals surface area (Å²) >= 11 is 0. The highest BCUT2D eigenvalue weighted by atomic mass is 16.5. The lowest BCUT2D eigenvalue weighted by molar-refractivity contribution is 0.139. The van der Waals surface area contributed by atoms with Gasteiger partial charge in [0.05, 0.1) is 13.2 Å². The Kier molecular flexibility index (Phi) is 6.47. The number of nitrogens with one attached hydrogen (secondary N) is 2. The highest BCUT2D eigenvalue weighted by Crippen LogP contribution is 2.31. The Labute approximate surface area is 168 Å². The van der Waals surface area contributed by atoms with Crippen molar-refractivity contribution in [2.45, 2.75) is 31.7 Å². The summed E-state index contributed by atoms with van der Waals surface area (Å²) in [6.45, 7) is 4.84. The molecular formula is C23H33N3O2. The van der Waals surface area contributed by atoms with Gasteiger partial charge in [0.1, 0.15) is 5.75 Å². The molecule has 3 atom stereocenters. The number of fused-ring (bicyclic) bond motifs is 1. The molecule has 2 aromatic rings. The van der Waals surface area contributed by atoms with Gasteiger partial charge in [-0.2, -0.15) is 0 Å². The Morgan fingerprint density at radius 2 is 2.04 bits per heavy atom. The maximum atomic E-state index is 9.12. The summed E-state index contributed by atoms with van der Waals surface area (Å²) in [6.07, 6.45) is 4.70. The van der Waals surface area contributed by atoms with E-state index in [4.69, 9.17) is 9.84 Å². The smallest absolute Gasteiger partial charge is 0.119 e. The molecule has 3 unspecified atom stereocenters. The second kappa shape index (κ2) is 9.23. The van der Waals surface area contributed by atoms with E-state index >= 15 is 0 Å². The zero-order valence-corrected chi connectivity index (χ0v) is 16.9. The minimum atomic E-state index is 0.322. The first kappa shape index (κ1) is 19.6. The monoisotopic (exact) mass is 383 g/mol. The van der Waals surface area contributed by atoms with Gasteiger partial charge in [0.25, 0.3) is 0 Å². The minimum absolute atomic E-state index is 0.322. The normalized spacial score (nSPS) is 26.0. The molecule has 2 aromatic carbocycles. The van der Waals surface area contributed by atoms with Crippen molar-refractivity contribution in [3.63, 3.8) is 0 Å². The summed E-state index contributed by atoms with van der Waals surface area (Å²) in [5.74, 6) is 2.21. The lowest BCUT2D eigenvalue weighted by atomic mass is 9.90. The van der Waals surface area contributed by atoms with Gasteiger partial charge in [-0.25, -0.2) is 5.43 Å². The number of benzene rings is 2. The van der Waals surface area contributed by atoms with Crippen molar-refractivity contribution < 1.29 is 9.84 Å². The number of hydrogen-bond donors (Lipinski definition) is 3. The van der Waals surface area contributed by atoms with Crippen molar-refractivity contribution in [1.82, 2.24) is 15.8 Å². The van der Waals surface area contributed by atoms with Gasteiger partial charge in [0, 0.05) is 32.2 Å². The number of aliphatic hydroxyl groups excluding tert-OH is 1. The van der Waals surface area contributed by atoms with Crippen LogP contribution in [0, 0.1) is 11.8 Å². The molecule has 5 nitrogen and oxygen atoms in total. The van der Waals surface area contributed by atoms with Gasteiger partial charge in [0.2, 0.25) is 0 Å². The number of methoxy groups -OCH3 is 1. The first-order chi connectivity index (χ1) is 13.8. The SMILES string of the molecule is COc1ccc2cc(C3NNCC3CN3CCCC(CCCO)C3)ccc2c1. The third-order valence-electron chi connectivity index (χ3n) is 6.39. The Bertz CT molecular complexity index is 782. The van der Waals surface area contributed by atoms with Crippen molar-refractivity contribution >= 4 is 10.8 Å². The molecule has 0 aliphatic carbocycles. The topological polar surface area (TPSA) is 56.8 Å². The summed E-state index contributed by atoms with van der Waals surface area (Å²) in [6, 6.07) is 13.4. The molecule has 0 amide bonds. The van der Waals surface area contributed by atoms with E-state index in [1.165, 1.54) is 42.3 Å². The number of rotatable bonds is 7. The first-order valence-electron chi connectivity index (χ1n) is 10.7. The van der Waals surface area contributed by atoms with E-state index in [1.54, 1.807) is 7.11 Å². The van der Waals surface area contributed by atoms with Gasteiger partial charge in [-0.3, -0.25) is 5.43 Å². The molecule has 2 saturated heterocycles. The number of hydrogen-bond acceptors (Lipinski definition) is 5. The summed E-state index contributed by atoms with van der Waals surface area (Å²) in [5, 5.41) is 11.6. The van der Waals surface area contributed by atoms with Gasteiger partial charge in [0.15, 0.2) is 0 Å². The van der Waals surface area contributed by atoms with Gasteiger partial charge in [-0.05, 0) is 72.7 Å². The molecule has 2 aliphatic rings. The number of ether oxygens (including phenoxy) is 1. The molecule has 5 heteroatoms. The molecular weight excluding hydrogens is 350 g/mol. The zero-order chi connectivity index (χ0) is 19.3. The van der Waals surface area contributed by atoms with Crippen molar-refractivity contribution in [3.05, 3.63) is 42.0 Å². The van der Waals surface area contributed by atoms with Crippen LogP contribution in [0.4, 0.5) is 0 Å². The van der Waals surface area contributed by atoms with Gasteiger partial charge < -0.3 is 14.7 Å². The molecule has 0 aromatic heterocycles.